The first-order valence-corrected chi connectivity index (χ1v) is 11.4. The van der Waals surface area contributed by atoms with Gasteiger partial charge in [0.05, 0.1) is 4.90 Å². The second kappa shape index (κ2) is 11.9. The quantitative estimate of drug-likeness (QED) is 0.299. The molecule has 0 radical (unpaired) electrons. The monoisotopic (exact) mass is 358 g/mol. The van der Waals surface area contributed by atoms with Gasteiger partial charge in [-0.1, -0.05) is 83.3 Å². The number of benzene rings is 1. The van der Waals surface area contributed by atoms with E-state index in [-0.39, 0.29) is 4.90 Å². The van der Waals surface area contributed by atoms with Gasteiger partial charge in [-0.25, -0.2) is 8.42 Å². The first-order chi connectivity index (χ1) is 11.0. The van der Waals surface area contributed by atoms with Crippen molar-refractivity contribution in [2.45, 2.75) is 88.9 Å². The molecular weight excluding hydrogens is 328 g/mol. The second-order valence-corrected chi connectivity index (χ2v) is 8.93. The predicted molar refractivity (Wildman–Crippen MR) is 99.6 cm³/mol. The van der Waals surface area contributed by atoms with Crippen LogP contribution in [0.2, 0.25) is 0 Å². The van der Waals surface area contributed by atoms with Crippen LogP contribution >= 0.6 is 10.7 Å². The zero-order valence-corrected chi connectivity index (χ0v) is 16.0. The van der Waals surface area contributed by atoms with Crippen LogP contribution in [0.4, 0.5) is 0 Å². The molecule has 0 atom stereocenters. The lowest BCUT2D eigenvalue weighted by atomic mass is 10.0. The lowest BCUT2D eigenvalue weighted by molar-refractivity contribution is 0.549. The minimum atomic E-state index is -3.59. The largest absolute Gasteiger partial charge is 0.261 e. The highest BCUT2D eigenvalue weighted by Crippen LogP contribution is 2.17. The lowest BCUT2D eigenvalue weighted by Crippen LogP contribution is -1.92. The molecule has 0 saturated carbocycles. The smallest absolute Gasteiger partial charge is 0.207 e. The summed E-state index contributed by atoms with van der Waals surface area (Å²) in [6.07, 6.45) is 15.8. The van der Waals surface area contributed by atoms with E-state index >= 15 is 0 Å². The van der Waals surface area contributed by atoms with E-state index in [4.69, 9.17) is 10.7 Å². The Morgan fingerprint density at radius 3 is 1.61 bits per heavy atom. The van der Waals surface area contributed by atoms with E-state index in [0.29, 0.717) is 0 Å². The Morgan fingerprint density at radius 2 is 1.17 bits per heavy atom. The fraction of sp³-hybridized carbons (Fsp3) is 0.684. The molecule has 0 aliphatic heterocycles. The summed E-state index contributed by atoms with van der Waals surface area (Å²) in [5.41, 5.74) is 1.19. The van der Waals surface area contributed by atoms with Gasteiger partial charge in [0.2, 0.25) is 0 Å². The summed E-state index contributed by atoms with van der Waals surface area (Å²) >= 11 is 0. The van der Waals surface area contributed by atoms with Crippen LogP contribution in [-0.4, -0.2) is 8.42 Å². The number of hydrogen-bond donors (Lipinski definition) is 0. The third-order valence-electron chi connectivity index (χ3n) is 4.27. The number of aryl methyl sites for hydroxylation is 1. The highest BCUT2D eigenvalue weighted by atomic mass is 35.7. The normalized spacial score (nSPS) is 11.7. The van der Waals surface area contributed by atoms with Crippen molar-refractivity contribution < 1.29 is 8.42 Å². The minimum absolute atomic E-state index is 0.182. The Labute approximate surface area is 147 Å². The molecule has 0 aliphatic carbocycles. The van der Waals surface area contributed by atoms with Crippen molar-refractivity contribution in [1.29, 1.82) is 0 Å². The van der Waals surface area contributed by atoms with Gasteiger partial charge in [0, 0.05) is 10.7 Å². The molecule has 1 aromatic carbocycles. The SMILES string of the molecule is CCCCCCCCCCCCCc1ccc(S(=O)(=O)Cl)cc1. The van der Waals surface area contributed by atoms with Gasteiger partial charge < -0.3 is 0 Å². The van der Waals surface area contributed by atoms with Crippen molar-refractivity contribution in [2.75, 3.05) is 0 Å². The average molecular weight is 359 g/mol. The maximum absolute atomic E-state index is 11.2. The molecule has 0 unspecified atom stereocenters. The zero-order valence-electron chi connectivity index (χ0n) is 14.4. The van der Waals surface area contributed by atoms with E-state index in [2.05, 4.69) is 6.92 Å². The second-order valence-electron chi connectivity index (χ2n) is 6.37. The van der Waals surface area contributed by atoms with E-state index in [9.17, 15) is 8.42 Å². The van der Waals surface area contributed by atoms with Crippen LogP contribution in [0.25, 0.3) is 0 Å². The van der Waals surface area contributed by atoms with E-state index in [0.717, 1.165) is 6.42 Å². The average Bonchev–Trinajstić information content (AvgIpc) is 2.52. The molecule has 0 bridgehead atoms. The van der Waals surface area contributed by atoms with E-state index in [1.807, 2.05) is 12.1 Å². The number of rotatable bonds is 13. The van der Waals surface area contributed by atoms with Crippen molar-refractivity contribution in [3.05, 3.63) is 29.8 Å². The molecule has 0 spiro atoms. The summed E-state index contributed by atoms with van der Waals surface area (Å²) in [4.78, 5) is 0.182. The summed E-state index contributed by atoms with van der Waals surface area (Å²) in [7, 11) is 1.71. The summed E-state index contributed by atoms with van der Waals surface area (Å²) in [6, 6.07) is 6.92. The van der Waals surface area contributed by atoms with Gasteiger partial charge in [0.1, 0.15) is 0 Å². The van der Waals surface area contributed by atoms with Gasteiger partial charge in [-0.15, -0.1) is 0 Å². The Kier molecular flexibility index (Phi) is 10.6. The van der Waals surface area contributed by atoms with Crippen LogP contribution < -0.4 is 0 Å². The fourth-order valence-corrected chi connectivity index (χ4v) is 3.58. The molecule has 0 N–H and O–H groups in total. The van der Waals surface area contributed by atoms with Crippen molar-refractivity contribution in [2.24, 2.45) is 0 Å². The molecule has 1 rings (SSSR count). The van der Waals surface area contributed by atoms with Crippen molar-refractivity contribution in [3.63, 3.8) is 0 Å². The lowest BCUT2D eigenvalue weighted by Gasteiger charge is -2.04. The molecule has 0 saturated heterocycles. The van der Waals surface area contributed by atoms with E-state index in [1.54, 1.807) is 12.1 Å². The molecule has 4 heteroatoms. The summed E-state index contributed by atoms with van der Waals surface area (Å²) in [6.45, 7) is 2.26. The Morgan fingerprint density at radius 1 is 0.739 bits per heavy atom. The van der Waals surface area contributed by atoms with Gasteiger partial charge in [0.25, 0.3) is 9.05 Å². The van der Waals surface area contributed by atoms with Gasteiger partial charge in [-0.3, -0.25) is 0 Å². The Bertz CT molecular complexity index is 509. The van der Waals surface area contributed by atoms with E-state index in [1.165, 1.54) is 76.2 Å². The molecule has 0 heterocycles. The van der Waals surface area contributed by atoms with Crippen LogP contribution in [0, 0.1) is 0 Å². The van der Waals surface area contributed by atoms with Gasteiger partial charge in [0.15, 0.2) is 0 Å². The van der Waals surface area contributed by atoms with E-state index < -0.39 is 9.05 Å². The van der Waals surface area contributed by atoms with Crippen molar-refractivity contribution in [1.82, 2.24) is 0 Å². The van der Waals surface area contributed by atoms with Gasteiger partial charge in [-0.05, 0) is 30.5 Å². The van der Waals surface area contributed by atoms with Crippen molar-refractivity contribution >= 4 is 19.7 Å². The molecule has 132 valence electrons. The summed E-state index contributed by atoms with van der Waals surface area (Å²) in [5.74, 6) is 0. The molecule has 0 aromatic heterocycles. The topological polar surface area (TPSA) is 34.1 Å². The van der Waals surface area contributed by atoms with Crippen LogP contribution in [-0.2, 0) is 15.5 Å². The molecule has 23 heavy (non-hydrogen) atoms. The third-order valence-corrected chi connectivity index (χ3v) is 5.64. The zero-order chi connectivity index (χ0) is 17.0. The van der Waals surface area contributed by atoms with Crippen LogP contribution in [0.3, 0.4) is 0 Å². The van der Waals surface area contributed by atoms with Crippen LogP contribution in [0.1, 0.15) is 83.1 Å². The Balaban J connectivity index is 2.01. The highest BCUT2D eigenvalue weighted by molar-refractivity contribution is 8.13. The molecule has 0 amide bonds. The number of halogens is 1. The first kappa shape index (κ1) is 20.5. The number of unbranched alkanes of at least 4 members (excludes halogenated alkanes) is 10. The first-order valence-electron chi connectivity index (χ1n) is 9.07. The summed E-state index contributed by atoms with van der Waals surface area (Å²) in [5, 5.41) is 0. The van der Waals surface area contributed by atoms with Crippen molar-refractivity contribution in [3.8, 4) is 0 Å². The maximum Gasteiger partial charge on any atom is 0.261 e. The maximum atomic E-state index is 11.2. The Hall–Kier alpha value is -0.540. The molecule has 2 nitrogen and oxygen atoms in total. The highest BCUT2D eigenvalue weighted by Gasteiger charge is 2.08. The van der Waals surface area contributed by atoms with Crippen LogP contribution in [0.5, 0.6) is 0 Å². The molecular formula is C19H31ClO2S. The van der Waals surface area contributed by atoms with Crippen LogP contribution in [0.15, 0.2) is 29.2 Å². The van der Waals surface area contributed by atoms with Gasteiger partial charge in [-0.2, -0.15) is 0 Å². The minimum Gasteiger partial charge on any atom is -0.207 e. The third kappa shape index (κ3) is 10.0. The van der Waals surface area contributed by atoms with Gasteiger partial charge >= 0.3 is 0 Å². The molecule has 0 aliphatic rings. The fourth-order valence-electron chi connectivity index (χ4n) is 2.81. The predicted octanol–water partition coefficient (Wildman–Crippen LogP) is 6.47. The molecule has 1 aromatic rings. The number of hydrogen-bond acceptors (Lipinski definition) is 2. The summed E-state index contributed by atoms with van der Waals surface area (Å²) < 4.78 is 22.3. The standard InChI is InChI=1S/C19H31ClO2S/c1-2-3-4-5-6-7-8-9-10-11-12-13-18-14-16-19(17-15-18)23(20,21)22/h14-17H,2-13H2,1H3. The molecule has 0 fully saturated rings.